The summed E-state index contributed by atoms with van der Waals surface area (Å²) in [7, 11) is 0. The molecule has 2 unspecified atom stereocenters. The van der Waals surface area contributed by atoms with Crippen molar-refractivity contribution in [2.45, 2.75) is 38.9 Å². The van der Waals surface area contributed by atoms with Gasteiger partial charge in [0.25, 0.3) is 0 Å². The molecule has 25 heavy (non-hydrogen) atoms. The van der Waals surface area contributed by atoms with Crippen LogP contribution in [0.5, 0.6) is 11.5 Å². The molecule has 0 aliphatic heterocycles. The van der Waals surface area contributed by atoms with E-state index in [9.17, 15) is 0 Å². The van der Waals surface area contributed by atoms with Crippen molar-refractivity contribution >= 4 is 0 Å². The molecular weight excluding hydrogens is 312 g/mol. The van der Waals surface area contributed by atoms with E-state index < -0.39 is 0 Å². The van der Waals surface area contributed by atoms with Crippen molar-refractivity contribution in [3.63, 3.8) is 0 Å². The molecular formula is C22H26O3. The van der Waals surface area contributed by atoms with Crippen molar-refractivity contribution in [1.29, 1.82) is 0 Å². The van der Waals surface area contributed by atoms with Gasteiger partial charge in [0, 0.05) is 12.8 Å². The molecule has 0 N–H and O–H groups in total. The Kier molecular flexibility index (Phi) is 8.19. The van der Waals surface area contributed by atoms with Gasteiger partial charge in [-0.15, -0.1) is 0 Å². The SMILES string of the molecule is CC(CC=COC=CCC(C)Oc1ccccc1)Oc1ccccc1. The van der Waals surface area contributed by atoms with Crippen LogP contribution >= 0.6 is 0 Å². The molecule has 0 aliphatic rings. The second-order valence-electron chi connectivity index (χ2n) is 5.83. The smallest absolute Gasteiger partial charge is 0.119 e. The molecule has 2 rings (SSSR count). The van der Waals surface area contributed by atoms with Crippen LogP contribution in [-0.2, 0) is 4.74 Å². The largest absolute Gasteiger partial charge is 0.490 e. The summed E-state index contributed by atoms with van der Waals surface area (Å²) in [5, 5.41) is 0. The first-order valence-electron chi connectivity index (χ1n) is 8.63. The van der Waals surface area contributed by atoms with Crippen LogP contribution < -0.4 is 9.47 Å². The molecule has 2 aromatic carbocycles. The van der Waals surface area contributed by atoms with Crippen molar-refractivity contribution < 1.29 is 14.2 Å². The van der Waals surface area contributed by atoms with Gasteiger partial charge in [0.15, 0.2) is 0 Å². The van der Waals surface area contributed by atoms with Crippen molar-refractivity contribution in [3.8, 4) is 11.5 Å². The molecule has 0 aliphatic carbocycles. The van der Waals surface area contributed by atoms with Gasteiger partial charge in [-0.05, 0) is 50.3 Å². The average Bonchev–Trinajstić information content (AvgIpc) is 2.62. The molecule has 3 nitrogen and oxygen atoms in total. The van der Waals surface area contributed by atoms with E-state index in [2.05, 4.69) is 0 Å². The maximum Gasteiger partial charge on any atom is 0.119 e. The van der Waals surface area contributed by atoms with E-state index >= 15 is 0 Å². The van der Waals surface area contributed by atoms with Gasteiger partial charge < -0.3 is 14.2 Å². The van der Waals surface area contributed by atoms with Crippen LogP contribution in [0, 0.1) is 0 Å². The third-order valence-electron chi connectivity index (χ3n) is 3.45. The van der Waals surface area contributed by atoms with E-state index in [-0.39, 0.29) is 12.2 Å². The maximum atomic E-state index is 5.79. The lowest BCUT2D eigenvalue weighted by Crippen LogP contribution is -2.10. The highest BCUT2D eigenvalue weighted by Gasteiger charge is 2.01. The van der Waals surface area contributed by atoms with E-state index in [0.29, 0.717) is 0 Å². The van der Waals surface area contributed by atoms with Crippen molar-refractivity contribution in [2.75, 3.05) is 0 Å². The molecule has 3 heteroatoms. The van der Waals surface area contributed by atoms with Gasteiger partial charge in [0.2, 0.25) is 0 Å². The Labute approximate surface area is 150 Å². The van der Waals surface area contributed by atoms with Crippen molar-refractivity contribution in [3.05, 3.63) is 85.3 Å². The summed E-state index contributed by atoms with van der Waals surface area (Å²) in [6.45, 7) is 4.07. The topological polar surface area (TPSA) is 27.7 Å². The number of hydrogen-bond donors (Lipinski definition) is 0. The fraction of sp³-hybridized carbons (Fsp3) is 0.273. The minimum Gasteiger partial charge on any atom is -0.490 e. The highest BCUT2D eigenvalue weighted by molar-refractivity contribution is 5.22. The van der Waals surface area contributed by atoms with Crippen LogP contribution in [0.2, 0.25) is 0 Å². The lowest BCUT2D eigenvalue weighted by molar-refractivity contribution is 0.223. The fourth-order valence-corrected chi connectivity index (χ4v) is 2.21. The maximum absolute atomic E-state index is 5.79. The summed E-state index contributed by atoms with van der Waals surface area (Å²) in [5.74, 6) is 1.77. The van der Waals surface area contributed by atoms with Gasteiger partial charge in [-0.3, -0.25) is 0 Å². The molecule has 2 atom stereocenters. The van der Waals surface area contributed by atoms with E-state index in [1.165, 1.54) is 0 Å². The molecule has 0 saturated carbocycles. The second kappa shape index (κ2) is 11.0. The first kappa shape index (κ1) is 18.7. The van der Waals surface area contributed by atoms with Crippen molar-refractivity contribution in [1.82, 2.24) is 0 Å². The number of benzene rings is 2. The fourth-order valence-electron chi connectivity index (χ4n) is 2.21. The normalized spacial score (nSPS) is 13.7. The van der Waals surface area contributed by atoms with Gasteiger partial charge in [-0.1, -0.05) is 36.4 Å². The number of rotatable bonds is 10. The highest BCUT2D eigenvalue weighted by atomic mass is 16.5. The summed E-state index contributed by atoms with van der Waals surface area (Å²) in [4.78, 5) is 0. The van der Waals surface area contributed by atoms with Gasteiger partial charge in [0.1, 0.15) is 11.5 Å². The molecule has 132 valence electrons. The minimum absolute atomic E-state index is 0.102. The quantitative estimate of drug-likeness (QED) is 0.517. The zero-order valence-corrected chi connectivity index (χ0v) is 14.9. The van der Waals surface area contributed by atoms with E-state index in [1.807, 2.05) is 86.7 Å². The third kappa shape index (κ3) is 8.11. The zero-order valence-electron chi connectivity index (χ0n) is 14.9. The Bertz CT molecular complexity index is 577. The minimum atomic E-state index is 0.102. The average molecular weight is 338 g/mol. The third-order valence-corrected chi connectivity index (χ3v) is 3.45. The Hall–Kier alpha value is -2.68. The molecule has 0 saturated heterocycles. The Morgan fingerprint density at radius 3 is 1.48 bits per heavy atom. The van der Waals surface area contributed by atoms with Crippen LogP contribution in [-0.4, -0.2) is 12.2 Å². The Morgan fingerprint density at radius 2 is 1.08 bits per heavy atom. The molecule has 0 fully saturated rings. The summed E-state index contributed by atoms with van der Waals surface area (Å²) in [5.41, 5.74) is 0. The van der Waals surface area contributed by atoms with E-state index in [1.54, 1.807) is 12.5 Å². The summed E-state index contributed by atoms with van der Waals surface area (Å²) in [6, 6.07) is 19.6. The summed E-state index contributed by atoms with van der Waals surface area (Å²) >= 11 is 0. The van der Waals surface area contributed by atoms with Gasteiger partial charge in [0.05, 0.1) is 24.7 Å². The molecule has 0 radical (unpaired) electrons. The first-order valence-corrected chi connectivity index (χ1v) is 8.63. The molecule has 0 bridgehead atoms. The predicted octanol–water partition coefficient (Wildman–Crippen LogP) is 5.75. The van der Waals surface area contributed by atoms with E-state index in [4.69, 9.17) is 14.2 Å². The van der Waals surface area contributed by atoms with Crippen molar-refractivity contribution in [2.24, 2.45) is 0 Å². The number of ether oxygens (including phenoxy) is 3. The van der Waals surface area contributed by atoms with Gasteiger partial charge >= 0.3 is 0 Å². The molecule has 0 amide bonds. The van der Waals surface area contributed by atoms with Crippen LogP contribution in [0.3, 0.4) is 0 Å². The standard InChI is InChI=1S/C22H26O3/c1-19(24-21-13-5-3-6-14-21)11-9-17-23-18-10-12-20(2)25-22-15-7-4-8-16-22/h3-10,13-20H,11-12H2,1-2H3. The molecule has 2 aromatic rings. The summed E-state index contributed by atoms with van der Waals surface area (Å²) < 4.78 is 16.9. The monoisotopic (exact) mass is 338 g/mol. The Morgan fingerprint density at radius 1 is 0.680 bits per heavy atom. The Balaban J connectivity index is 1.58. The molecule has 0 heterocycles. The molecule has 0 spiro atoms. The van der Waals surface area contributed by atoms with Gasteiger partial charge in [-0.25, -0.2) is 0 Å². The second-order valence-corrected chi connectivity index (χ2v) is 5.83. The van der Waals surface area contributed by atoms with Crippen LogP contribution in [0.25, 0.3) is 0 Å². The summed E-state index contributed by atoms with van der Waals surface area (Å²) in [6.07, 6.45) is 9.07. The van der Waals surface area contributed by atoms with E-state index in [0.717, 1.165) is 24.3 Å². The van der Waals surface area contributed by atoms with Gasteiger partial charge in [-0.2, -0.15) is 0 Å². The zero-order chi connectivity index (χ0) is 17.7. The number of para-hydroxylation sites is 2. The first-order chi connectivity index (χ1) is 12.2. The lowest BCUT2D eigenvalue weighted by Gasteiger charge is -2.12. The van der Waals surface area contributed by atoms with Crippen LogP contribution in [0.1, 0.15) is 26.7 Å². The highest BCUT2D eigenvalue weighted by Crippen LogP contribution is 2.13. The predicted molar refractivity (Wildman–Crippen MR) is 102 cm³/mol. The lowest BCUT2D eigenvalue weighted by atomic mass is 10.2. The number of hydrogen-bond acceptors (Lipinski definition) is 3. The molecule has 0 aromatic heterocycles. The van der Waals surface area contributed by atoms with Crippen LogP contribution in [0.15, 0.2) is 85.3 Å². The van der Waals surface area contributed by atoms with Crippen LogP contribution in [0.4, 0.5) is 0 Å².